The van der Waals surface area contributed by atoms with Gasteiger partial charge < -0.3 is 11.1 Å². The van der Waals surface area contributed by atoms with Gasteiger partial charge in [0.15, 0.2) is 0 Å². The topological polar surface area (TPSA) is 55.1 Å². The maximum absolute atomic E-state index is 11.8. The Morgan fingerprint density at radius 1 is 1.26 bits per heavy atom. The summed E-state index contributed by atoms with van der Waals surface area (Å²) in [6, 6.07) is 8.74. The average molecular weight is 260 g/mol. The number of hydrogen-bond donors (Lipinski definition) is 2. The van der Waals surface area contributed by atoms with E-state index in [9.17, 15) is 4.79 Å². The Morgan fingerprint density at radius 3 is 2.37 bits per heavy atom. The number of nitrogens with one attached hydrogen (secondary N) is 1. The molecular weight excluding hydrogens is 236 g/mol. The van der Waals surface area contributed by atoms with Crippen LogP contribution in [0.15, 0.2) is 24.3 Å². The van der Waals surface area contributed by atoms with E-state index in [2.05, 4.69) is 43.4 Å². The fraction of sp³-hybridized carbons (Fsp3) is 0.562. The van der Waals surface area contributed by atoms with Crippen LogP contribution in [0.3, 0.4) is 0 Å². The second kappa shape index (κ2) is 6.20. The molecule has 1 aliphatic carbocycles. The van der Waals surface area contributed by atoms with E-state index in [0.29, 0.717) is 12.5 Å². The lowest BCUT2D eigenvalue weighted by atomic mass is 9.80. The summed E-state index contributed by atoms with van der Waals surface area (Å²) in [6.45, 7) is 5.06. The molecule has 3 N–H and O–H groups in total. The highest BCUT2D eigenvalue weighted by Gasteiger charge is 2.31. The van der Waals surface area contributed by atoms with Gasteiger partial charge in [-0.25, -0.2) is 0 Å². The van der Waals surface area contributed by atoms with Gasteiger partial charge in [-0.2, -0.15) is 0 Å². The number of hydrogen-bond acceptors (Lipinski definition) is 2. The maximum atomic E-state index is 11.8. The number of carbonyl (C=O) groups is 1. The van der Waals surface area contributed by atoms with Crippen molar-refractivity contribution in [3.63, 3.8) is 0 Å². The number of nitrogens with two attached hydrogens (primary N) is 1. The van der Waals surface area contributed by atoms with Crippen LogP contribution < -0.4 is 11.1 Å². The molecule has 2 rings (SSSR count). The van der Waals surface area contributed by atoms with Crippen molar-refractivity contribution in [2.45, 2.75) is 45.7 Å². The molecule has 0 bridgehead atoms. The van der Waals surface area contributed by atoms with Crippen LogP contribution in [-0.4, -0.2) is 11.9 Å². The van der Waals surface area contributed by atoms with Crippen molar-refractivity contribution < 1.29 is 4.79 Å². The minimum Gasteiger partial charge on any atom is -0.352 e. The molecule has 0 radical (unpaired) electrons. The molecule has 3 nitrogen and oxygen atoms in total. The molecule has 1 saturated carbocycles. The fourth-order valence-electron chi connectivity index (χ4n) is 2.47. The first kappa shape index (κ1) is 14.1. The van der Waals surface area contributed by atoms with Crippen molar-refractivity contribution >= 4 is 5.91 Å². The Balaban J connectivity index is 1.78. The zero-order valence-electron chi connectivity index (χ0n) is 11.9. The third-order valence-corrected chi connectivity index (χ3v) is 3.68. The first-order chi connectivity index (χ1) is 9.04. The smallest absolute Gasteiger partial charge is 0.223 e. The van der Waals surface area contributed by atoms with E-state index in [1.807, 2.05) is 0 Å². The highest BCUT2D eigenvalue weighted by molar-refractivity contribution is 5.79. The first-order valence-electron chi connectivity index (χ1n) is 7.15. The van der Waals surface area contributed by atoms with E-state index in [0.717, 1.165) is 24.8 Å². The van der Waals surface area contributed by atoms with Crippen LogP contribution in [0, 0.1) is 11.8 Å². The van der Waals surface area contributed by atoms with E-state index < -0.39 is 0 Å². The number of benzene rings is 1. The second-order valence-electron chi connectivity index (χ2n) is 6.06. The Kier molecular flexibility index (Phi) is 4.59. The Morgan fingerprint density at radius 2 is 1.84 bits per heavy atom. The van der Waals surface area contributed by atoms with Crippen LogP contribution in [0.5, 0.6) is 0 Å². The lowest BCUT2D eigenvalue weighted by molar-refractivity contribution is -0.128. The van der Waals surface area contributed by atoms with Crippen molar-refractivity contribution in [2.24, 2.45) is 17.6 Å². The number of carbonyl (C=O) groups excluding carboxylic acids is 1. The van der Waals surface area contributed by atoms with Crippen molar-refractivity contribution in [1.29, 1.82) is 0 Å². The molecule has 1 amide bonds. The summed E-state index contributed by atoms with van der Waals surface area (Å²) in [5.74, 6) is 0.955. The molecule has 0 unspecified atom stereocenters. The number of amides is 1. The Hall–Kier alpha value is -1.35. The minimum atomic E-state index is 0.134. The second-order valence-corrected chi connectivity index (χ2v) is 6.06. The van der Waals surface area contributed by atoms with Crippen LogP contribution in [-0.2, 0) is 17.8 Å². The van der Waals surface area contributed by atoms with Gasteiger partial charge in [-0.1, -0.05) is 38.1 Å². The van der Waals surface area contributed by atoms with E-state index in [4.69, 9.17) is 5.73 Å². The predicted molar refractivity (Wildman–Crippen MR) is 77.5 cm³/mol. The van der Waals surface area contributed by atoms with Gasteiger partial charge in [0.1, 0.15) is 0 Å². The monoisotopic (exact) mass is 260 g/mol. The van der Waals surface area contributed by atoms with Gasteiger partial charge in [0, 0.05) is 18.5 Å². The maximum Gasteiger partial charge on any atom is 0.223 e. The molecule has 0 spiro atoms. The molecule has 0 atom stereocenters. The van der Waals surface area contributed by atoms with Gasteiger partial charge in [-0.3, -0.25) is 4.79 Å². The van der Waals surface area contributed by atoms with Gasteiger partial charge in [0.05, 0.1) is 0 Å². The highest BCUT2D eigenvalue weighted by Crippen LogP contribution is 2.25. The van der Waals surface area contributed by atoms with E-state index in [1.165, 1.54) is 5.56 Å². The van der Waals surface area contributed by atoms with Crippen molar-refractivity contribution in [3.8, 4) is 0 Å². The summed E-state index contributed by atoms with van der Waals surface area (Å²) in [5, 5.41) is 2.99. The van der Waals surface area contributed by atoms with Crippen LogP contribution >= 0.6 is 0 Å². The molecule has 0 heterocycles. The molecule has 104 valence electrons. The molecule has 1 aromatic carbocycles. The summed E-state index contributed by atoms with van der Waals surface area (Å²) < 4.78 is 0. The van der Waals surface area contributed by atoms with Crippen molar-refractivity contribution in [3.05, 3.63) is 35.4 Å². The lowest BCUT2D eigenvalue weighted by Crippen LogP contribution is -2.44. The van der Waals surface area contributed by atoms with Gasteiger partial charge in [0.25, 0.3) is 0 Å². The molecule has 0 aromatic heterocycles. The largest absolute Gasteiger partial charge is 0.352 e. The molecule has 19 heavy (non-hydrogen) atoms. The highest BCUT2D eigenvalue weighted by atomic mass is 16.1. The zero-order chi connectivity index (χ0) is 13.8. The molecule has 1 aliphatic rings. The average Bonchev–Trinajstić information content (AvgIpc) is 2.33. The first-order valence-corrected chi connectivity index (χ1v) is 7.15. The summed E-state index contributed by atoms with van der Waals surface area (Å²) >= 11 is 0. The van der Waals surface area contributed by atoms with E-state index in [1.54, 1.807) is 0 Å². The fourth-order valence-corrected chi connectivity index (χ4v) is 2.47. The molecule has 1 aromatic rings. The van der Waals surface area contributed by atoms with Gasteiger partial charge >= 0.3 is 0 Å². The minimum absolute atomic E-state index is 0.134. The summed E-state index contributed by atoms with van der Waals surface area (Å²) in [7, 11) is 0. The van der Waals surface area contributed by atoms with Crippen LogP contribution in [0.2, 0.25) is 0 Å². The van der Waals surface area contributed by atoms with Crippen molar-refractivity contribution in [2.75, 3.05) is 0 Å². The Labute approximate surface area is 115 Å². The zero-order valence-corrected chi connectivity index (χ0v) is 11.9. The van der Waals surface area contributed by atoms with Gasteiger partial charge in [-0.05, 0) is 36.3 Å². The summed E-state index contributed by atoms with van der Waals surface area (Å²) in [6.07, 6.45) is 2.77. The third kappa shape index (κ3) is 4.06. The SMILES string of the molecule is CC(C)Cc1ccc(CNC(=O)C2CC(N)C2)cc1. The van der Waals surface area contributed by atoms with E-state index >= 15 is 0 Å². The standard InChI is InChI=1S/C16H24N2O/c1-11(2)7-12-3-5-13(6-4-12)10-18-16(19)14-8-15(17)9-14/h3-6,11,14-15H,7-10,17H2,1-2H3,(H,18,19). The molecule has 1 fully saturated rings. The van der Waals surface area contributed by atoms with Crippen molar-refractivity contribution in [1.82, 2.24) is 5.32 Å². The summed E-state index contributed by atoms with van der Waals surface area (Å²) in [4.78, 5) is 11.8. The third-order valence-electron chi connectivity index (χ3n) is 3.68. The van der Waals surface area contributed by atoms with Gasteiger partial charge in [0.2, 0.25) is 5.91 Å². The molecule has 0 aliphatic heterocycles. The molecule has 0 saturated heterocycles. The summed E-state index contributed by atoms with van der Waals surface area (Å²) in [5.41, 5.74) is 8.20. The lowest BCUT2D eigenvalue weighted by Gasteiger charge is -2.31. The molecular formula is C16H24N2O. The van der Waals surface area contributed by atoms with Crippen LogP contribution in [0.25, 0.3) is 0 Å². The Bertz CT molecular complexity index is 419. The quantitative estimate of drug-likeness (QED) is 0.853. The van der Waals surface area contributed by atoms with Crippen LogP contribution in [0.1, 0.15) is 37.8 Å². The predicted octanol–water partition coefficient (Wildman–Crippen LogP) is 2.24. The van der Waals surface area contributed by atoms with E-state index in [-0.39, 0.29) is 17.9 Å². The van der Waals surface area contributed by atoms with Crippen LogP contribution in [0.4, 0.5) is 0 Å². The number of rotatable bonds is 5. The normalized spacial score (nSPS) is 22.1. The van der Waals surface area contributed by atoms with Gasteiger partial charge in [-0.15, -0.1) is 0 Å². The molecule has 3 heteroatoms.